The van der Waals surface area contributed by atoms with Crippen LogP contribution in [0.3, 0.4) is 0 Å². The normalized spacial score (nSPS) is 12.4. The Morgan fingerprint density at radius 1 is 0.306 bits per heavy atom. The van der Waals surface area contributed by atoms with Crippen LogP contribution in [0.1, 0.15) is 342 Å². The predicted molar refractivity (Wildman–Crippen MR) is 316 cm³/mol. The number of rotatable bonds is 60. The van der Waals surface area contributed by atoms with Crippen molar-refractivity contribution in [1.82, 2.24) is 0 Å². The highest BCUT2D eigenvalue weighted by Gasteiger charge is 2.18. The van der Waals surface area contributed by atoms with Crippen LogP contribution in [-0.2, 0) is 23.8 Å². The average molecular weight is 1010 g/mol. The molecule has 0 saturated carbocycles. The van der Waals surface area contributed by atoms with Gasteiger partial charge in [-0.25, -0.2) is 0 Å². The Hall–Kier alpha value is -2.14. The summed E-state index contributed by atoms with van der Waals surface area (Å²) >= 11 is 0. The highest BCUT2D eigenvalue weighted by molar-refractivity contribution is 5.70. The lowest BCUT2D eigenvalue weighted by Gasteiger charge is -2.18. The minimum atomic E-state index is -0.542. The van der Waals surface area contributed by atoms with Crippen LogP contribution in [0, 0.1) is 0 Å². The number of allylic oxidation sites excluding steroid dienone is 8. The van der Waals surface area contributed by atoms with Gasteiger partial charge in [0.15, 0.2) is 6.10 Å². The first-order valence-electron chi connectivity index (χ1n) is 32.2. The van der Waals surface area contributed by atoms with Gasteiger partial charge in [-0.3, -0.25) is 9.59 Å². The third-order valence-corrected chi connectivity index (χ3v) is 14.3. The van der Waals surface area contributed by atoms with Crippen LogP contribution >= 0.6 is 0 Å². The minimum absolute atomic E-state index is 0.0837. The summed E-state index contributed by atoms with van der Waals surface area (Å²) in [5, 5.41) is 0. The molecule has 0 rings (SSSR count). The van der Waals surface area contributed by atoms with E-state index in [-0.39, 0.29) is 25.2 Å². The van der Waals surface area contributed by atoms with Crippen LogP contribution in [-0.4, -0.2) is 37.9 Å². The van der Waals surface area contributed by atoms with Crippen molar-refractivity contribution in [1.29, 1.82) is 0 Å². The largest absolute Gasteiger partial charge is 0.462 e. The molecule has 0 aliphatic carbocycles. The van der Waals surface area contributed by atoms with E-state index in [9.17, 15) is 9.59 Å². The van der Waals surface area contributed by atoms with Crippen molar-refractivity contribution in [2.75, 3.05) is 19.8 Å². The zero-order valence-corrected chi connectivity index (χ0v) is 48.7. The molecule has 0 aliphatic heterocycles. The van der Waals surface area contributed by atoms with E-state index in [0.717, 1.165) is 51.4 Å². The van der Waals surface area contributed by atoms with Gasteiger partial charge in [0.1, 0.15) is 6.61 Å². The van der Waals surface area contributed by atoms with E-state index < -0.39 is 6.10 Å². The molecule has 1 atom stereocenters. The summed E-state index contributed by atoms with van der Waals surface area (Å²) in [6.45, 7) is 7.85. The van der Waals surface area contributed by atoms with Gasteiger partial charge >= 0.3 is 11.9 Å². The Balaban J connectivity index is 4.25. The Kier molecular flexibility index (Phi) is 61.3. The molecule has 72 heavy (non-hydrogen) atoms. The van der Waals surface area contributed by atoms with Gasteiger partial charge in [0, 0.05) is 19.4 Å². The third kappa shape index (κ3) is 60.4. The molecule has 0 aromatic carbocycles. The fraction of sp³-hybridized carbons (Fsp3) is 0.851. The third-order valence-electron chi connectivity index (χ3n) is 14.3. The summed E-state index contributed by atoms with van der Waals surface area (Å²) in [6, 6.07) is 0. The fourth-order valence-electron chi connectivity index (χ4n) is 9.47. The van der Waals surface area contributed by atoms with Gasteiger partial charge in [-0.15, -0.1) is 0 Å². The summed E-state index contributed by atoms with van der Waals surface area (Å²) < 4.78 is 17.6. The molecule has 5 nitrogen and oxygen atoms in total. The predicted octanol–water partition coefficient (Wildman–Crippen LogP) is 22.2. The maximum Gasteiger partial charge on any atom is 0.306 e. The lowest BCUT2D eigenvalue weighted by atomic mass is 10.1. The summed E-state index contributed by atoms with van der Waals surface area (Å²) in [5.74, 6) is -0.391. The Morgan fingerprint density at radius 2 is 0.583 bits per heavy atom. The highest BCUT2D eigenvalue weighted by atomic mass is 16.6. The van der Waals surface area contributed by atoms with Crippen molar-refractivity contribution in [2.24, 2.45) is 0 Å². The van der Waals surface area contributed by atoms with E-state index in [1.807, 2.05) is 0 Å². The number of esters is 2. The Morgan fingerprint density at radius 3 is 0.958 bits per heavy atom. The van der Waals surface area contributed by atoms with Gasteiger partial charge in [-0.05, 0) is 103 Å². The number of carbonyl (C=O) groups is 2. The lowest BCUT2D eigenvalue weighted by Crippen LogP contribution is -2.30. The van der Waals surface area contributed by atoms with Crippen molar-refractivity contribution in [2.45, 2.75) is 348 Å². The van der Waals surface area contributed by atoms with Crippen molar-refractivity contribution in [3.63, 3.8) is 0 Å². The number of carbonyl (C=O) groups excluding carboxylic acids is 2. The van der Waals surface area contributed by atoms with E-state index in [4.69, 9.17) is 14.2 Å². The van der Waals surface area contributed by atoms with Crippen molar-refractivity contribution in [3.05, 3.63) is 48.6 Å². The van der Waals surface area contributed by atoms with Gasteiger partial charge < -0.3 is 14.2 Å². The quantitative estimate of drug-likeness (QED) is 0.0345. The molecule has 422 valence electrons. The van der Waals surface area contributed by atoms with E-state index in [1.54, 1.807) is 0 Å². The van der Waals surface area contributed by atoms with Crippen LogP contribution in [0.15, 0.2) is 48.6 Å². The van der Waals surface area contributed by atoms with Crippen LogP contribution < -0.4 is 0 Å². The van der Waals surface area contributed by atoms with Crippen molar-refractivity contribution >= 4 is 11.9 Å². The molecule has 0 heterocycles. The van der Waals surface area contributed by atoms with Gasteiger partial charge in [0.25, 0.3) is 0 Å². The standard InChI is InChI=1S/C67H124O5/c1-4-7-10-13-16-19-22-25-28-31-33-35-38-41-44-47-50-53-56-59-62-70-63-65(72-67(69)61-58-55-52-49-46-43-40-36-30-27-24-21-18-15-12-9-6-3)64-71-66(68)60-57-54-51-48-45-42-39-37-34-32-29-26-23-20-17-14-11-8-5-2/h18,21,25-30,65H,4-17,19-20,22-24,31-64H2,1-3H3/b21-18-,28-25-,29-26-,30-27-. The molecule has 0 spiro atoms. The van der Waals surface area contributed by atoms with E-state index >= 15 is 0 Å². The summed E-state index contributed by atoms with van der Waals surface area (Å²) in [7, 11) is 0. The zero-order chi connectivity index (χ0) is 52.0. The first-order chi connectivity index (χ1) is 35.6. The van der Waals surface area contributed by atoms with E-state index in [0.29, 0.717) is 19.4 Å². The molecule has 0 bridgehead atoms. The molecule has 0 aromatic rings. The smallest absolute Gasteiger partial charge is 0.306 e. The summed E-state index contributed by atoms with van der Waals surface area (Å²) in [6.07, 6.45) is 80.0. The van der Waals surface area contributed by atoms with Gasteiger partial charge in [-0.1, -0.05) is 275 Å². The second-order valence-electron chi connectivity index (χ2n) is 21.7. The molecule has 0 aromatic heterocycles. The van der Waals surface area contributed by atoms with E-state index in [2.05, 4.69) is 69.4 Å². The maximum absolute atomic E-state index is 12.9. The lowest BCUT2D eigenvalue weighted by molar-refractivity contribution is -0.163. The molecule has 0 fully saturated rings. The minimum Gasteiger partial charge on any atom is -0.462 e. The average Bonchev–Trinajstić information content (AvgIpc) is 3.38. The second kappa shape index (κ2) is 63.2. The monoisotopic (exact) mass is 1010 g/mol. The van der Waals surface area contributed by atoms with Gasteiger partial charge in [0.2, 0.25) is 0 Å². The molecule has 0 saturated heterocycles. The molecule has 1 unspecified atom stereocenters. The zero-order valence-electron chi connectivity index (χ0n) is 48.7. The molecule has 5 heteroatoms. The number of hydrogen-bond acceptors (Lipinski definition) is 5. The van der Waals surface area contributed by atoms with Crippen LogP contribution in [0.5, 0.6) is 0 Å². The highest BCUT2D eigenvalue weighted by Crippen LogP contribution is 2.16. The second-order valence-corrected chi connectivity index (χ2v) is 21.7. The van der Waals surface area contributed by atoms with Crippen LogP contribution in [0.4, 0.5) is 0 Å². The molecule has 0 radical (unpaired) electrons. The van der Waals surface area contributed by atoms with E-state index in [1.165, 1.54) is 257 Å². The number of hydrogen-bond donors (Lipinski definition) is 0. The first-order valence-corrected chi connectivity index (χ1v) is 32.2. The maximum atomic E-state index is 12.9. The summed E-state index contributed by atoms with van der Waals surface area (Å²) in [5.41, 5.74) is 0. The summed E-state index contributed by atoms with van der Waals surface area (Å²) in [4.78, 5) is 25.6. The van der Waals surface area contributed by atoms with Crippen molar-refractivity contribution in [3.8, 4) is 0 Å². The Labute approximate surface area is 450 Å². The SMILES string of the molecule is CCCCC/C=C\C/C=C\CCCCCCCCCC(=O)OC(COCCCCCCCCCCCC/C=C\CCCCCCCC)COC(=O)CCCCCCCCCCC/C=C\CCCCCCCC. The fourth-order valence-corrected chi connectivity index (χ4v) is 9.47. The molecule has 0 amide bonds. The first kappa shape index (κ1) is 69.9. The van der Waals surface area contributed by atoms with Crippen molar-refractivity contribution < 1.29 is 23.8 Å². The Bertz CT molecular complexity index is 1190. The van der Waals surface area contributed by atoms with Crippen LogP contribution in [0.25, 0.3) is 0 Å². The molecular formula is C67H124O5. The topological polar surface area (TPSA) is 61.8 Å². The molecule has 0 N–H and O–H groups in total. The van der Waals surface area contributed by atoms with Gasteiger partial charge in [0.05, 0.1) is 6.61 Å². The number of ether oxygens (including phenoxy) is 3. The van der Waals surface area contributed by atoms with Gasteiger partial charge in [-0.2, -0.15) is 0 Å². The molecule has 0 aliphatic rings. The van der Waals surface area contributed by atoms with Crippen LogP contribution in [0.2, 0.25) is 0 Å². The molecular weight excluding hydrogens is 885 g/mol. The number of unbranched alkanes of at least 4 members (excludes halogenated alkanes) is 41.